The number of carbonyl (C=O) groups is 1. The zero-order chi connectivity index (χ0) is 8.53. The first kappa shape index (κ1) is 10.5. The highest BCUT2D eigenvalue weighted by atomic mass is 32.2. The van der Waals surface area contributed by atoms with Crippen molar-refractivity contribution in [2.75, 3.05) is 11.5 Å². The highest BCUT2D eigenvalue weighted by Crippen LogP contribution is 1.98. The van der Waals surface area contributed by atoms with Crippen molar-refractivity contribution in [1.29, 1.82) is 0 Å². The summed E-state index contributed by atoms with van der Waals surface area (Å²) < 4.78 is 0. The number of thioether (sulfide) groups is 1. The van der Waals surface area contributed by atoms with Gasteiger partial charge in [-0.3, -0.25) is 4.79 Å². The van der Waals surface area contributed by atoms with E-state index in [4.69, 9.17) is 0 Å². The molecule has 0 bridgehead atoms. The third kappa shape index (κ3) is 7.40. The number of carbonyl (C=O) groups excluding carboxylic acids is 1. The third-order valence-electron chi connectivity index (χ3n) is 1.03. The van der Waals surface area contributed by atoms with Crippen molar-refractivity contribution in [1.82, 2.24) is 0 Å². The Balaban J connectivity index is 3.51. The molecule has 0 rings (SSSR count). The van der Waals surface area contributed by atoms with Crippen LogP contribution in [-0.4, -0.2) is 17.3 Å². The average molecular weight is 170 g/mol. The van der Waals surface area contributed by atoms with Gasteiger partial charge in [-0.25, -0.2) is 0 Å². The van der Waals surface area contributed by atoms with E-state index in [2.05, 4.69) is 0 Å². The second-order valence-electron chi connectivity index (χ2n) is 1.99. The second-order valence-corrected chi connectivity index (χ2v) is 3.26. The van der Waals surface area contributed by atoms with E-state index < -0.39 is 0 Å². The summed E-state index contributed by atoms with van der Waals surface area (Å²) >= 11 is 1.65. The zero-order valence-electron chi connectivity index (χ0n) is 7.04. The molecule has 0 heterocycles. The van der Waals surface area contributed by atoms with Gasteiger partial charge in [0.25, 0.3) is 0 Å². The Hall–Kier alpha value is -0.500. The van der Waals surface area contributed by atoms with Crippen molar-refractivity contribution in [3.05, 3.63) is 24.3 Å². The van der Waals surface area contributed by atoms with Gasteiger partial charge in [0.1, 0.15) is 0 Å². The first-order chi connectivity index (χ1) is 5.31. The summed E-state index contributed by atoms with van der Waals surface area (Å²) in [5.74, 6) is 1.79. The van der Waals surface area contributed by atoms with Gasteiger partial charge in [0.05, 0.1) is 5.75 Å². The van der Waals surface area contributed by atoms with E-state index in [1.54, 1.807) is 23.9 Å². The predicted octanol–water partition coefficient (Wildman–Crippen LogP) is 2.44. The molecule has 0 aliphatic carbocycles. The van der Waals surface area contributed by atoms with Crippen molar-refractivity contribution in [3.63, 3.8) is 0 Å². The van der Waals surface area contributed by atoms with Crippen LogP contribution in [0.4, 0.5) is 0 Å². The number of hydrogen-bond donors (Lipinski definition) is 0. The van der Waals surface area contributed by atoms with Gasteiger partial charge >= 0.3 is 0 Å². The van der Waals surface area contributed by atoms with Crippen LogP contribution in [-0.2, 0) is 4.79 Å². The van der Waals surface area contributed by atoms with Crippen LogP contribution in [0.2, 0.25) is 0 Å². The molecule has 0 spiro atoms. The van der Waals surface area contributed by atoms with Crippen molar-refractivity contribution in [2.24, 2.45) is 0 Å². The summed E-state index contributed by atoms with van der Waals surface area (Å²) in [6.07, 6.45) is 7.15. The first-order valence-electron chi connectivity index (χ1n) is 3.71. The van der Waals surface area contributed by atoms with Crippen LogP contribution in [0.5, 0.6) is 0 Å². The SMILES string of the molecule is C/C=C/C=C/C(=O)CSCC. The lowest BCUT2D eigenvalue weighted by Crippen LogP contribution is -1.95. The van der Waals surface area contributed by atoms with E-state index in [-0.39, 0.29) is 5.78 Å². The molecule has 1 nitrogen and oxygen atoms in total. The van der Waals surface area contributed by atoms with Gasteiger partial charge in [-0.15, -0.1) is 0 Å². The Morgan fingerprint density at radius 3 is 2.73 bits per heavy atom. The van der Waals surface area contributed by atoms with Gasteiger partial charge in [0.15, 0.2) is 5.78 Å². The maximum atomic E-state index is 10.9. The zero-order valence-corrected chi connectivity index (χ0v) is 7.86. The smallest absolute Gasteiger partial charge is 0.165 e. The van der Waals surface area contributed by atoms with Gasteiger partial charge in [-0.2, -0.15) is 11.8 Å². The molecule has 11 heavy (non-hydrogen) atoms. The molecule has 0 aromatic carbocycles. The predicted molar refractivity (Wildman–Crippen MR) is 52.0 cm³/mol. The van der Waals surface area contributed by atoms with Crippen LogP contribution in [0, 0.1) is 0 Å². The van der Waals surface area contributed by atoms with Gasteiger partial charge < -0.3 is 0 Å². The van der Waals surface area contributed by atoms with Crippen molar-refractivity contribution in [2.45, 2.75) is 13.8 Å². The van der Waals surface area contributed by atoms with E-state index in [0.717, 1.165) is 5.75 Å². The fourth-order valence-electron chi connectivity index (χ4n) is 0.525. The topological polar surface area (TPSA) is 17.1 Å². The molecule has 0 fully saturated rings. The largest absolute Gasteiger partial charge is 0.294 e. The third-order valence-corrected chi connectivity index (χ3v) is 1.93. The molecule has 0 aromatic rings. The summed E-state index contributed by atoms with van der Waals surface area (Å²) in [4.78, 5) is 10.9. The Labute approximate surface area is 72.6 Å². The maximum absolute atomic E-state index is 10.9. The van der Waals surface area contributed by atoms with Gasteiger partial charge in [-0.1, -0.05) is 25.2 Å². The van der Waals surface area contributed by atoms with Crippen molar-refractivity contribution in [3.8, 4) is 0 Å². The number of hydrogen-bond acceptors (Lipinski definition) is 2. The second kappa shape index (κ2) is 7.61. The highest BCUT2D eigenvalue weighted by Gasteiger charge is 1.92. The molecule has 0 N–H and O–H groups in total. The van der Waals surface area contributed by atoms with Crippen LogP contribution in [0.1, 0.15) is 13.8 Å². The minimum atomic E-state index is 0.190. The standard InChI is InChI=1S/C9H14OS/c1-3-5-6-7-9(10)8-11-4-2/h3,5-7H,4,8H2,1-2H3/b5-3+,7-6+. The lowest BCUT2D eigenvalue weighted by Gasteiger charge is -1.89. The fraction of sp³-hybridized carbons (Fsp3) is 0.444. The molecule has 0 aromatic heterocycles. The highest BCUT2D eigenvalue weighted by molar-refractivity contribution is 7.99. The van der Waals surface area contributed by atoms with Crippen molar-refractivity contribution >= 4 is 17.5 Å². The van der Waals surface area contributed by atoms with Crippen LogP contribution < -0.4 is 0 Å². The molecule has 0 atom stereocenters. The molecule has 0 saturated heterocycles. The quantitative estimate of drug-likeness (QED) is 0.465. The summed E-state index contributed by atoms with van der Waals surface area (Å²) in [5, 5.41) is 0. The fourth-order valence-corrected chi connectivity index (χ4v) is 1.03. The monoisotopic (exact) mass is 170 g/mol. The molecule has 62 valence electrons. The van der Waals surface area contributed by atoms with Crippen LogP contribution in [0.25, 0.3) is 0 Å². The Morgan fingerprint density at radius 2 is 2.18 bits per heavy atom. The molecule has 0 unspecified atom stereocenters. The number of allylic oxidation sites excluding steroid dienone is 4. The van der Waals surface area contributed by atoms with E-state index in [0.29, 0.717) is 5.75 Å². The van der Waals surface area contributed by atoms with E-state index in [1.807, 2.05) is 26.0 Å². The summed E-state index contributed by atoms with van der Waals surface area (Å²) in [7, 11) is 0. The maximum Gasteiger partial charge on any atom is 0.165 e. The lowest BCUT2D eigenvalue weighted by molar-refractivity contribution is -0.112. The molecule has 0 amide bonds. The van der Waals surface area contributed by atoms with Crippen LogP contribution >= 0.6 is 11.8 Å². The minimum absolute atomic E-state index is 0.190. The normalized spacial score (nSPS) is 11.5. The Morgan fingerprint density at radius 1 is 1.45 bits per heavy atom. The molecular weight excluding hydrogens is 156 g/mol. The Bertz CT molecular complexity index is 159. The lowest BCUT2D eigenvalue weighted by atomic mass is 10.4. The first-order valence-corrected chi connectivity index (χ1v) is 4.86. The number of rotatable bonds is 5. The van der Waals surface area contributed by atoms with E-state index in [9.17, 15) is 4.79 Å². The van der Waals surface area contributed by atoms with Gasteiger partial charge in [-0.05, 0) is 18.8 Å². The molecule has 2 heteroatoms. The summed E-state index contributed by atoms with van der Waals surface area (Å²) in [6.45, 7) is 3.98. The summed E-state index contributed by atoms with van der Waals surface area (Å²) in [5.41, 5.74) is 0. The van der Waals surface area contributed by atoms with Crippen molar-refractivity contribution < 1.29 is 4.79 Å². The average Bonchev–Trinajstić information content (AvgIpc) is 2.01. The minimum Gasteiger partial charge on any atom is -0.294 e. The Kier molecular flexibility index (Phi) is 7.26. The van der Waals surface area contributed by atoms with Crippen LogP contribution in [0.3, 0.4) is 0 Å². The molecule has 0 aliphatic rings. The molecule has 0 saturated carbocycles. The molecule has 0 aliphatic heterocycles. The van der Waals surface area contributed by atoms with Gasteiger partial charge in [0, 0.05) is 0 Å². The molecule has 0 radical (unpaired) electrons. The van der Waals surface area contributed by atoms with Gasteiger partial charge in [0.2, 0.25) is 0 Å². The summed E-state index contributed by atoms with van der Waals surface area (Å²) in [6, 6.07) is 0. The van der Waals surface area contributed by atoms with E-state index in [1.165, 1.54) is 0 Å². The van der Waals surface area contributed by atoms with Crippen LogP contribution in [0.15, 0.2) is 24.3 Å². The number of ketones is 1. The molecular formula is C9H14OS. The van der Waals surface area contributed by atoms with E-state index >= 15 is 0 Å².